The Bertz CT molecular complexity index is 232. The first-order valence-corrected chi connectivity index (χ1v) is 7.25. The first-order valence-electron chi connectivity index (χ1n) is 7.25. The summed E-state index contributed by atoms with van der Waals surface area (Å²) in [6, 6.07) is 0. The van der Waals surface area contributed by atoms with Crippen LogP contribution in [0.4, 0.5) is 0 Å². The molecule has 20 heavy (non-hydrogen) atoms. The normalized spacial score (nSPS) is 12.9. The number of ether oxygens (including phenoxy) is 4. The Kier molecular flexibility index (Phi) is 10.4. The second-order valence-corrected chi connectivity index (χ2v) is 6.71. The van der Waals surface area contributed by atoms with Gasteiger partial charge in [0.15, 0.2) is 0 Å². The third kappa shape index (κ3) is 11.6. The SMILES string of the molecule is COCC(C)(C)COCC(C)(C)COCCOCCN. The average molecular weight is 291 g/mol. The van der Waals surface area contributed by atoms with Gasteiger partial charge >= 0.3 is 0 Å². The number of hydrogen-bond donors (Lipinski definition) is 1. The molecule has 0 bridgehead atoms. The van der Waals surface area contributed by atoms with Gasteiger partial charge in [0.25, 0.3) is 0 Å². The molecule has 0 radical (unpaired) electrons. The van der Waals surface area contributed by atoms with E-state index in [0.29, 0.717) is 52.8 Å². The summed E-state index contributed by atoms with van der Waals surface area (Å²) < 4.78 is 21.8. The highest BCUT2D eigenvalue weighted by atomic mass is 16.5. The van der Waals surface area contributed by atoms with Crippen molar-refractivity contribution < 1.29 is 18.9 Å². The Morgan fingerprint density at radius 1 is 0.700 bits per heavy atom. The minimum Gasteiger partial charge on any atom is -0.384 e. The zero-order valence-electron chi connectivity index (χ0n) is 13.9. The summed E-state index contributed by atoms with van der Waals surface area (Å²) in [5, 5.41) is 0. The molecule has 0 aromatic rings. The van der Waals surface area contributed by atoms with Crippen molar-refractivity contribution in [2.75, 3.05) is 59.9 Å². The van der Waals surface area contributed by atoms with Crippen LogP contribution < -0.4 is 5.73 Å². The third-order valence-corrected chi connectivity index (χ3v) is 2.65. The highest BCUT2D eigenvalue weighted by Crippen LogP contribution is 2.20. The van der Waals surface area contributed by atoms with E-state index in [0.717, 1.165) is 0 Å². The summed E-state index contributed by atoms with van der Waals surface area (Å²) in [5.41, 5.74) is 5.37. The number of rotatable bonds is 13. The molecule has 0 aliphatic carbocycles. The maximum absolute atomic E-state index is 5.80. The molecule has 0 saturated carbocycles. The Balaban J connectivity index is 3.68. The van der Waals surface area contributed by atoms with Gasteiger partial charge in [-0.15, -0.1) is 0 Å². The Labute approximate surface area is 124 Å². The van der Waals surface area contributed by atoms with Crippen LogP contribution in [0.2, 0.25) is 0 Å². The van der Waals surface area contributed by atoms with Crippen molar-refractivity contribution in [3.63, 3.8) is 0 Å². The lowest BCUT2D eigenvalue weighted by molar-refractivity contribution is -0.0469. The van der Waals surface area contributed by atoms with Gasteiger partial charge in [-0.2, -0.15) is 0 Å². The van der Waals surface area contributed by atoms with Crippen molar-refractivity contribution in [2.45, 2.75) is 27.7 Å². The Hall–Kier alpha value is -0.200. The predicted molar refractivity (Wildman–Crippen MR) is 80.9 cm³/mol. The smallest absolute Gasteiger partial charge is 0.0701 e. The molecule has 0 aromatic carbocycles. The van der Waals surface area contributed by atoms with Crippen molar-refractivity contribution in [2.24, 2.45) is 16.6 Å². The number of nitrogens with two attached hydrogens (primary N) is 1. The van der Waals surface area contributed by atoms with E-state index in [2.05, 4.69) is 27.7 Å². The molecule has 0 aromatic heterocycles. The van der Waals surface area contributed by atoms with Crippen molar-refractivity contribution in [1.82, 2.24) is 0 Å². The molecule has 2 N–H and O–H groups in total. The molecule has 0 rings (SSSR count). The molecular weight excluding hydrogens is 258 g/mol. The molecule has 0 heterocycles. The number of hydrogen-bond acceptors (Lipinski definition) is 5. The van der Waals surface area contributed by atoms with Gasteiger partial charge in [0.1, 0.15) is 0 Å². The lowest BCUT2D eigenvalue weighted by Gasteiger charge is -2.28. The molecule has 0 unspecified atom stereocenters. The average Bonchev–Trinajstić information content (AvgIpc) is 2.33. The zero-order valence-corrected chi connectivity index (χ0v) is 13.9. The molecular formula is C15H33NO4. The van der Waals surface area contributed by atoms with Crippen LogP contribution in [-0.2, 0) is 18.9 Å². The summed E-state index contributed by atoms with van der Waals surface area (Å²) in [4.78, 5) is 0. The van der Waals surface area contributed by atoms with Crippen molar-refractivity contribution in [3.05, 3.63) is 0 Å². The fourth-order valence-corrected chi connectivity index (χ4v) is 1.73. The Morgan fingerprint density at radius 2 is 1.20 bits per heavy atom. The minimum absolute atomic E-state index is 0.00296. The third-order valence-electron chi connectivity index (χ3n) is 2.65. The van der Waals surface area contributed by atoms with Crippen molar-refractivity contribution in [1.29, 1.82) is 0 Å². The van der Waals surface area contributed by atoms with E-state index in [9.17, 15) is 0 Å². The van der Waals surface area contributed by atoms with Gasteiger partial charge in [-0.1, -0.05) is 27.7 Å². The predicted octanol–water partition coefficient (Wildman–Crippen LogP) is 1.69. The van der Waals surface area contributed by atoms with Gasteiger partial charge in [0, 0.05) is 24.5 Å². The summed E-state index contributed by atoms with van der Waals surface area (Å²) in [7, 11) is 1.71. The fraction of sp³-hybridized carbons (Fsp3) is 1.00. The maximum Gasteiger partial charge on any atom is 0.0701 e. The molecule has 0 amide bonds. The summed E-state index contributed by atoms with van der Waals surface area (Å²) >= 11 is 0. The summed E-state index contributed by atoms with van der Waals surface area (Å²) in [6.07, 6.45) is 0. The van der Waals surface area contributed by atoms with Gasteiger partial charge in [-0.05, 0) is 0 Å². The lowest BCUT2D eigenvalue weighted by Crippen LogP contribution is -2.31. The van der Waals surface area contributed by atoms with Crippen LogP contribution >= 0.6 is 0 Å². The van der Waals surface area contributed by atoms with Crippen LogP contribution in [0, 0.1) is 10.8 Å². The van der Waals surface area contributed by atoms with Gasteiger partial charge < -0.3 is 24.7 Å². The van der Waals surface area contributed by atoms with Crippen LogP contribution in [0.25, 0.3) is 0 Å². The van der Waals surface area contributed by atoms with E-state index in [4.69, 9.17) is 24.7 Å². The van der Waals surface area contributed by atoms with Crippen LogP contribution in [0.15, 0.2) is 0 Å². The molecule has 122 valence electrons. The van der Waals surface area contributed by atoms with E-state index < -0.39 is 0 Å². The molecule has 0 fully saturated rings. The van der Waals surface area contributed by atoms with Gasteiger partial charge in [-0.3, -0.25) is 0 Å². The maximum atomic E-state index is 5.80. The second kappa shape index (κ2) is 10.5. The lowest BCUT2D eigenvalue weighted by atomic mass is 9.94. The summed E-state index contributed by atoms with van der Waals surface area (Å²) in [5.74, 6) is 0. The van der Waals surface area contributed by atoms with Crippen LogP contribution in [0.3, 0.4) is 0 Å². The first kappa shape index (κ1) is 19.8. The van der Waals surface area contributed by atoms with E-state index in [1.165, 1.54) is 0 Å². The van der Waals surface area contributed by atoms with Crippen molar-refractivity contribution in [3.8, 4) is 0 Å². The van der Waals surface area contributed by atoms with E-state index in [1.54, 1.807) is 7.11 Å². The standard InChI is InChI=1S/C15H33NO4/c1-14(2,10-17-5)12-20-13-15(3,4)11-19-9-8-18-7-6-16/h6-13,16H2,1-5H3. The Morgan fingerprint density at radius 3 is 1.75 bits per heavy atom. The monoisotopic (exact) mass is 291 g/mol. The van der Waals surface area contributed by atoms with Gasteiger partial charge in [0.2, 0.25) is 0 Å². The van der Waals surface area contributed by atoms with Crippen molar-refractivity contribution >= 4 is 0 Å². The highest BCUT2D eigenvalue weighted by molar-refractivity contribution is 4.70. The minimum atomic E-state index is -0.00296. The molecule has 0 spiro atoms. The van der Waals surface area contributed by atoms with E-state index >= 15 is 0 Å². The zero-order chi connectivity index (χ0) is 15.5. The molecule has 0 aliphatic heterocycles. The van der Waals surface area contributed by atoms with Crippen LogP contribution in [0.5, 0.6) is 0 Å². The summed E-state index contributed by atoms with van der Waals surface area (Å²) in [6.45, 7) is 13.6. The van der Waals surface area contributed by atoms with Gasteiger partial charge in [-0.25, -0.2) is 0 Å². The second-order valence-electron chi connectivity index (χ2n) is 6.71. The van der Waals surface area contributed by atoms with Crippen LogP contribution in [-0.4, -0.2) is 59.9 Å². The number of methoxy groups -OCH3 is 1. The molecule has 0 saturated heterocycles. The van der Waals surface area contributed by atoms with Gasteiger partial charge in [0.05, 0.1) is 46.2 Å². The molecule has 5 heteroatoms. The largest absolute Gasteiger partial charge is 0.384 e. The quantitative estimate of drug-likeness (QED) is 0.523. The highest BCUT2D eigenvalue weighted by Gasteiger charge is 2.22. The first-order chi connectivity index (χ1) is 9.33. The molecule has 5 nitrogen and oxygen atoms in total. The van der Waals surface area contributed by atoms with E-state index in [-0.39, 0.29) is 10.8 Å². The molecule has 0 aliphatic rings. The van der Waals surface area contributed by atoms with Crippen LogP contribution in [0.1, 0.15) is 27.7 Å². The molecule has 0 atom stereocenters. The fourth-order valence-electron chi connectivity index (χ4n) is 1.73. The topological polar surface area (TPSA) is 62.9 Å². The van der Waals surface area contributed by atoms with E-state index in [1.807, 2.05) is 0 Å².